The normalized spacial score (nSPS) is 10.9. The fourth-order valence-corrected chi connectivity index (χ4v) is 2.78. The highest BCUT2D eigenvalue weighted by Gasteiger charge is 2.02. The molecule has 1 amide bonds. The first kappa shape index (κ1) is 17.1. The number of amides is 1. The number of hydrogen-bond donors (Lipinski definition) is 1. The van der Waals surface area contributed by atoms with E-state index >= 15 is 0 Å². The zero-order valence-corrected chi connectivity index (χ0v) is 13.7. The molecule has 0 aliphatic rings. The van der Waals surface area contributed by atoms with Crippen molar-refractivity contribution in [2.24, 2.45) is 5.10 Å². The molecule has 2 rings (SSSR count). The predicted molar refractivity (Wildman–Crippen MR) is 90.6 cm³/mol. The number of benzene rings is 1. The van der Waals surface area contributed by atoms with Gasteiger partial charge in [0.15, 0.2) is 6.61 Å². The van der Waals surface area contributed by atoms with Gasteiger partial charge in [0.25, 0.3) is 5.91 Å². The summed E-state index contributed by atoms with van der Waals surface area (Å²) in [7, 11) is 0. The predicted octanol–water partition coefficient (Wildman–Crippen LogP) is 3.76. The van der Waals surface area contributed by atoms with Gasteiger partial charge in [-0.3, -0.25) is 4.79 Å². The molecule has 0 spiro atoms. The summed E-state index contributed by atoms with van der Waals surface area (Å²) in [5.41, 5.74) is 2.39. The SMILES string of the molecule is CCCCc1ccc(C=NNC(=O)COc2cccc(F)c2)s1. The number of hydrazone groups is 1. The molecule has 0 bridgehead atoms. The summed E-state index contributed by atoms with van der Waals surface area (Å²) >= 11 is 1.66. The Hall–Kier alpha value is -2.21. The Morgan fingerprint density at radius 1 is 1.39 bits per heavy atom. The van der Waals surface area contributed by atoms with Crippen molar-refractivity contribution >= 4 is 23.5 Å². The van der Waals surface area contributed by atoms with Gasteiger partial charge in [-0.05, 0) is 37.1 Å². The Morgan fingerprint density at radius 2 is 2.26 bits per heavy atom. The number of nitrogens with zero attached hydrogens (tertiary/aromatic N) is 1. The maximum atomic E-state index is 13.0. The molecule has 0 aliphatic heterocycles. The quantitative estimate of drug-likeness (QED) is 0.590. The summed E-state index contributed by atoms with van der Waals surface area (Å²) in [6.45, 7) is 1.95. The van der Waals surface area contributed by atoms with Crippen molar-refractivity contribution in [2.45, 2.75) is 26.2 Å². The molecule has 1 aromatic carbocycles. The lowest BCUT2D eigenvalue weighted by Crippen LogP contribution is -2.24. The number of hydrogen-bond acceptors (Lipinski definition) is 4. The van der Waals surface area contributed by atoms with E-state index in [1.807, 2.05) is 6.07 Å². The minimum atomic E-state index is -0.405. The number of aryl methyl sites for hydroxylation is 1. The Balaban J connectivity index is 1.74. The van der Waals surface area contributed by atoms with Crippen molar-refractivity contribution in [1.82, 2.24) is 5.43 Å². The minimum absolute atomic E-state index is 0.215. The van der Waals surface area contributed by atoms with Crippen LogP contribution in [0.1, 0.15) is 29.5 Å². The smallest absolute Gasteiger partial charge is 0.277 e. The van der Waals surface area contributed by atoms with Gasteiger partial charge in [-0.1, -0.05) is 19.4 Å². The highest BCUT2D eigenvalue weighted by atomic mass is 32.1. The Labute approximate surface area is 139 Å². The van der Waals surface area contributed by atoms with Crippen LogP contribution >= 0.6 is 11.3 Å². The molecule has 1 N–H and O–H groups in total. The number of thiophene rings is 1. The van der Waals surface area contributed by atoms with Crippen LogP contribution < -0.4 is 10.2 Å². The van der Waals surface area contributed by atoms with Crippen LogP contribution in [0.25, 0.3) is 0 Å². The average Bonchev–Trinajstić information content (AvgIpc) is 2.99. The van der Waals surface area contributed by atoms with E-state index in [9.17, 15) is 9.18 Å². The van der Waals surface area contributed by atoms with Crippen LogP contribution in [0, 0.1) is 5.82 Å². The van der Waals surface area contributed by atoms with Crippen molar-refractivity contribution in [1.29, 1.82) is 0 Å². The third-order valence-electron chi connectivity index (χ3n) is 3.01. The van der Waals surface area contributed by atoms with Gasteiger partial charge in [-0.15, -0.1) is 11.3 Å². The first-order valence-corrected chi connectivity index (χ1v) is 8.28. The Kier molecular flexibility index (Phi) is 6.75. The van der Waals surface area contributed by atoms with Gasteiger partial charge in [0, 0.05) is 15.8 Å². The number of unbranched alkanes of at least 4 members (excludes halogenated alkanes) is 1. The standard InChI is InChI=1S/C17H19FN2O2S/c1-2-3-7-15-8-9-16(23-15)11-19-20-17(21)12-22-14-6-4-5-13(18)10-14/h4-6,8-11H,2-3,7,12H2,1H3,(H,20,21). The zero-order valence-electron chi connectivity index (χ0n) is 12.9. The highest BCUT2D eigenvalue weighted by molar-refractivity contribution is 7.13. The van der Waals surface area contributed by atoms with Crippen LogP contribution in [0.15, 0.2) is 41.5 Å². The van der Waals surface area contributed by atoms with Crippen molar-refractivity contribution < 1.29 is 13.9 Å². The molecule has 1 aromatic heterocycles. The zero-order chi connectivity index (χ0) is 16.5. The second-order valence-corrected chi connectivity index (χ2v) is 6.15. The van der Waals surface area contributed by atoms with Crippen LogP contribution in [-0.4, -0.2) is 18.7 Å². The minimum Gasteiger partial charge on any atom is -0.484 e. The van der Waals surface area contributed by atoms with Crippen LogP contribution in [0.4, 0.5) is 4.39 Å². The topological polar surface area (TPSA) is 50.7 Å². The van der Waals surface area contributed by atoms with E-state index in [-0.39, 0.29) is 6.61 Å². The summed E-state index contributed by atoms with van der Waals surface area (Å²) in [4.78, 5) is 13.9. The Bertz CT molecular complexity index is 670. The molecule has 2 aromatic rings. The van der Waals surface area contributed by atoms with Crippen LogP contribution in [0.3, 0.4) is 0 Å². The monoisotopic (exact) mass is 334 g/mol. The van der Waals surface area contributed by atoms with Gasteiger partial charge < -0.3 is 4.74 Å². The van der Waals surface area contributed by atoms with Crippen molar-refractivity contribution in [3.63, 3.8) is 0 Å². The molecule has 0 radical (unpaired) electrons. The van der Waals surface area contributed by atoms with Crippen LogP contribution in [0.5, 0.6) is 5.75 Å². The number of nitrogens with one attached hydrogen (secondary N) is 1. The number of carbonyl (C=O) groups excluding carboxylic acids is 1. The van der Waals surface area contributed by atoms with Gasteiger partial charge in [-0.2, -0.15) is 5.10 Å². The first-order chi connectivity index (χ1) is 11.2. The van der Waals surface area contributed by atoms with E-state index in [2.05, 4.69) is 23.5 Å². The molecule has 23 heavy (non-hydrogen) atoms. The lowest BCUT2D eigenvalue weighted by Gasteiger charge is -2.04. The first-order valence-electron chi connectivity index (χ1n) is 7.46. The van der Waals surface area contributed by atoms with E-state index in [4.69, 9.17) is 4.74 Å². The van der Waals surface area contributed by atoms with Crippen molar-refractivity contribution in [3.05, 3.63) is 52.0 Å². The van der Waals surface area contributed by atoms with Crippen molar-refractivity contribution in [2.75, 3.05) is 6.61 Å². The number of halogens is 1. The van der Waals surface area contributed by atoms with Gasteiger partial charge in [-0.25, -0.2) is 9.82 Å². The number of ether oxygens (including phenoxy) is 1. The largest absolute Gasteiger partial charge is 0.484 e. The van der Waals surface area contributed by atoms with E-state index in [1.54, 1.807) is 23.6 Å². The fourth-order valence-electron chi connectivity index (χ4n) is 1.86. The fraction of sp³-hybridized carbons (Fsp3) is 0.294. The highest BCUT2D eigenvalue weighted by Crippen LogP contribution is 2.16. The molecule has 0 aliphatic carbocycles. The van der Waals surface area contributed by atoms with Gasteiger partial charge in [0.1, 0.15) is 11.6 Å². The molecule has 0 saturated heterocycles. The molecular weight excluding hydrogens is 315 g/mol. The summed E-state index contributed by atoms with van der Waals surface area (Å²) in [6, 6.07) is 9.70. The van der Waals surface area contributed by atoms with Crippen LogP contribution in [-0.2, 0) is 11.2 Å². The summed E-state index contributed by atoms with van der Waals surface area (Å²) in [5.74, 6) is -0.492. The maximum Gasteiger partial charge on any atom is 0.277 e. The molecule has 0 fully saturated rings. The van der Waals surface area contributed by atoms with E-state index in [1.165, 1.54) is 35.9 Å². The van der Waals surface area contributed by atoms with Gasteiger partial charge in [0.05, 0.1) is 6.21 Å². The third-order valence-corrected chi connectivity index (χ3v) is 4.09. The molecular formula is C17H19FN2O2S. The van der Waals surface area contributed by atoms with Crippen LogP contribution in [0.2, 0.25) is 0 Å². The number of carbonyl (C=O) groups is 1. The van der Waals surface area contributed by atoms with E-state index < -0.39 is 11.7 Å². The molecule has 0 unspecified atom stereocenters. The van der Waals surface area contributed by atoms with Crippen molar-refractivity contribution in [3.8, 4) is 5.75 Å². The maximum absolute atomic E-state index is 13.0. The molecule has 1 heterocycles. The molecule has 4 nitrogen and oxygen atoms in total. The molecule has 6 heteroatoms. The molecule has 122 valence electrons. The van der Waals surface area contributed by atoms with E-state index in [0.717, 1.165) is 11.3 Å². The summed E-state index contributed by atoms with van der Waals surface area (Å²) in [5, 5.41) is 3.90. The second-order valence-electron chi connectivity index (χ2n) is 4.95. The van der Waals surface area contributed by atoms with Gasteiger partial charge in [0.2, 0.25) is 0 Å². The lowest BCUT2D eigenvalue weighted by molar-refractivity contribution is -0.123. The number of rotatable bonds is 8. The Morgan fingerprint density at radius 3 is 3.04 bits per heavy atom. The second kappa shape index (κ2) is 9.05. The summed E-state index contributed by atoms with van der Waals surface area (Å²) in [6.07, 6.45) is 5.02. The molecule has 0 saturated carbocycles. The van der Waals surface area contributed by atoms with Gasteiger partial charge >= 0.3 is 0 Å². The summed E-state index contributed by atoms with van der Waals surface area (Å²) < 4.78 is 18.1. The third kappa shape index (κ3) is 6.20. The van der Waals surface area contributed by atoms with E-state index in [0.29, 0.717) is 5.75 Å². The lowest BCUT2D eigenvalue weighted by atomic mass is 10.2. The average molecular weight is 334 g/mol. The molecule has 0 atom stereocenters.